The smallest absolute Gasteiger partial charge is 0.308 e. The number of carbonyl (C=O) groups is 1. The molecule has 0 saturated heterocycles. The molecule has 0 fully saturated rings. The topological polar surface area (TPSA) is 35.5 Å². The molecule has 3 heteroatoms. The average Bonchev–Trinajstić information content (AvgIpc) is 2.09. The highest BCUT2D eigenvalue weighted by Crippen LogP contribution is 1.95. The minimum atomic E-state index is -0.159. The van der Waals surface area contributed by atoms with Crippen LogP contribution in [0, 0.1) is 0 Å². The number of unbranched alkanes of at least 4 members (excludes halogenated alkanes) is 2. The van der Waals surface area contributed by atoms with Crippen LogP contribution in [0.4, 0.5) is 0 Å². The lowest BCUT2D eigenvalue weighted by molar-refractivity contribution is -0.144. The van der Waals surface area contributed by atoms with Gasteiger partial charge in [0.1, 0.15) is 0 Å². The molecule has 12 heavy (non-hydrogen) atoms. The molecule has 0 aromatic rings. The van der Waals surface area contributed by atoms with Gasteiger partial charge < -0.3 is 9.47 Å². The highest BCUT2D eigenvalue weighted by molar-refractivity contribution is 5.69. The molecule has 0 atom stereocenters. The van der Waals surface area contributed by atoms with Crippen molar-refractivity contribution < 1.29 is 14.3 Å². The van der Waals surface area contributed by atoms with Gasteiger partial charge in [-0.3, -0.25) is 4.79 Å². The van der Waals surface area contributed by atoms with Gasteiger partial charge in [-0.05, 0) is 6.42 Å². The van der Waals surface area contributed by atoms with Crippen LogP contribution in [-0.2, 0) is 14.3 Å². The molecule has 0 aliphatic rings. The molecule has 0 aliphatic carbocycles. The lowest BCUT2D eigenvalue weighted by Gasteiger charge is -2.02. The van der Waals surface area contributed by atoms with E-state index in [9.17, 15) is 4.79 Å². The Kier molecular flexibility index (Phi) is 8.12. The van der Waals surface area contributed by atoms with Crippen LogP contribution < -0.4 is 0 Å². The maximum atomic E-state index is 10.9. The molecule has 0 aliphatic heterocycles. The van der Waals surface area contributed by atoms with E-state index in [1.807, 2.05) is 0 Å². The zero-order valence-corrected chi connectivity index (χ0v) is 7.97. The first-order valence-electron chi connectivity index (χ1n) is 4.45. The molecule has 0 aromatic carbocycles. The highest BCUT2D eigenvalue weighted by Gasteiger charge is 2.00. The SMILES string of the molecule is CCCCCOC(=O)CCOC. The van der Waals surface area contributed by atoms with E-state index in [1.165, 1.54) is 0 Å². The van der Waals surface area contributed by atoms with Crippen molar-refractivity contribution in [2.75, 3.05) is 20.3 Å². The fourth-order valence-corrected chi connectivity index (χ4v) is 0.796. The predicted molar refractivity (Wildman–Crippen MR) is 47.0 cm³/mol. The van der Waals surface area contributed by atoms with E-state index in [2.05, 4.69) is 6.92 Å². The third kappa shape index (κ3) is 7.54. The van der Waals surface area contributed by atoms with E-state index in [4.69, 9.17) is 9.47 Å². The fraction of sp³-hybridized carbons (Fsp3) is 0.889. The predicted octanol–water partition coefficient (Wildman–Crippen LogP) is 1.76. The maximum Gasteiger partial charge on any atom is 0.308 e. The first kappa shape index (κ1) is 11.4. The van der Waals surface area contributed by atoms with E-state index in [0.29, 0.717) is 19.6 Å². The van der Waals surface area contributed by atoms with Gasteiger partial charge in [0.15, 0.2) is 0 Å². The molecule has 3 nitrogen and oxygen atoms in total. The van der Waals surface area contributed by atoms with Gasteiger partial charge in [-0.15, -0.1) is 0 Å². The lowest BCUT2D eigenvalue weighted by atomic mass is 10.3. The quantitative estimate of drug-likeness (QED) is 0.436. The Morgan fingerprint density at radius 3 is 2.58 bits per heavy atom. The molecule has 0 radical (unpaired) electrons. The number of rotatable bonds is 7. The summed E-state index contributed by atoms with van der Waals surface area (Å²) in [5.74, 6) is -0.159. The Labute approximate surface area is 74.0 Å². The molecule has 0 N–H and O–H groups in total. The molecule has 0 spiro atoms. The van der Waals surface area contributed by atoms with Crippen LogP contribution in [0.5, 0.6) is 0 Å². The van der Waals surface area contributed by atoms with Crippen LogP contribution in [0.25, 0.3) is 0 Å². The number of carbonyl (C=O) groups excluding carboxylic acids is 1. The molecule has 0 bridgehead atoms. The molecule has 72 valence electrons. The van der Waals surface area contributed by atoms with Crippen LogP contribution in [0.3, 0.4) is 0 Å². The van der Waals surface area contributed by atoms with Crippen LogP contribution >= 0.6 is 0 Å². The average molecular weight is 174 g/mol. The van der Waals surface area contributed by atoms with Crippen molar-refractivity contribution in [1.82, 2.24) is 0 Å². The van der Waals surface area contributed by atoms with Gasteiger partial charge in [0, 0.05) is 7.11 Å². The molecule has 0 saturated carbocycles. The van der Waals surface area contributed by atoms with Crippen molar-refractivity contribution in [2.45, 2.75) is 32.6 Å². The van der Waals surface area contributed by atoms with Crippen LogP contribution in [-0.4, -0.2) is 26.3 Å². The Bertz CT molecular complexity index is 112. The van der Waals surface area contributed by atoms with Crippen molar-refractivity contribution in [3.05, 3.63) is 0 Å². The summed E-state index contributed by atoms with van der Waals surface area (Å²) in [6.45, 7) is 3.12. The standard InChI is InChI=1S/C9H18O3/c1-3-4-5-7-12-9(10)6-8-11-2/h3-8H2,1-2H3. The summed E-state index contributed by atoms with van der Waals surface area (Å²) in [5.41, 5.74) is 0. The molecule has 0 aromatic heterocycles. The Morgan fingerprint density at radius 1 is 1.25 bits per heavy atom. The summed E-state index contributed by atoms with van der Waals surface area (Å²) >= 11 is 0. The van der Waals surface area contributed by atoms with Gasteiger partial charge >= 0.3 is 5.97 Å². The number of hydrogen-bond donors (Lipinski definition) is 0. The summed E-state index contributed by atoms with van der Waals surface area (Å²) in [5, 5.41) is 0. The van der Waals surface area contributed by atoms with Gasteiger partial charge in [-0.25, -0.2) is 0 Å². The third-order valence-corrected chi connectivity index (χ3v) is 1.52. The van der Waals surface area contributed by atoms with Crippen molar-refractivity contribution >= 4 is 5.97 Å². The number of ether oxygens (including phenoxy) is 2. The van der Waals surface area contributed by atoms with E-state index < -0.39 is 0 Å². The van der Waals surface area contributed by atoms with E-state index in [-0.39, 0.29) is 5.97 Å². The normalized spacial score (nSPS) is 9.83. The minimum Gasteiger partial charge on any atom is -0.466 e. The van der Waals surface area contributed by atoms with Crippen LogP contribution in [0.1, 0.15) is 32.6 Å². The van der Waals surface area contributed by atoms with Gasteiger partial charge in [-0.2, -0.15) is 0 Å². The lowest BCUT2D eigenvalue weighted by Crippen LogP contribution is -2.08. The third-order valence-electron chi connectivity index (χ3n) is 1.52. The molecule has 0 rings (SSSR count). The zero-order chi connectivity index (χ0) is 9.23. The number of esters is 1. The molecule has 0 unspecified atom stereocenters. The molecule has 0 amide bonds. The van der Waals surface area contributed by atoms with Crippen molar-refractivity contribution in [3.8, 4) is 0 Å². The summed E-state index contributed by atoms with van der Waals surface area (Å²) in [6, 6.07) is 0. The van der Waals surface area contributed by atoms with Crippen molar-refractivity contribution in [2.24, 2.45) is 0 Å². The van der Waals surface area contributed by atoms with E-state index >= 15 is 0 Å². The maximum absolute atomic E-state index is 10.9. The van der Waals surface area contributed by atoms with Gasteiger partial charge in [0.05, 0.1) is 19.6 Å². The van der Waals surface area contributed by atoms with Crippen molar-refractivity contribution in [3.63, 3.8) is 0 Å². The van der Waals surface area contributed by atoms with Crippen LogP contribution in [0.2, 0.25) is 0 Å². The first-order chi connectivity index (χ1) is 5.81. The summed E-state index contributed by atoms with van der Waals surface area (Å²) in [6.07, 6.45) is 3.60. The largest absolute Gasteiger partial charge is 0.466 e. The minimum absolute atomic E-state index is 0.159. The summed E-state index contributed by atoms with van der Waals surface area (Å²) < 4.78 is 9.67. The van der Waals surface area contributed by atoms with Gasteiger partial charge in [0.2, 0.25) is 0 Å². The second-order valence-electron chi connectivity index (χ2n) is 2.67. The molecular formula is C9H18O3. The molecule has 0 heterocycles. The Balaban J connectivity index is 3.08. The van der Waals surface area contributed by atoms with E-state index in [0.717, 1.165) is 19.3 Å². The number of methoxy groups -OCH3 is 1. The molecular weight excluding hydrogens is 156 g/mol. The second-order valence-corrected chi connectivity index (χ2v) is 2.67. The van der Waals surface area contributed by atoms with E-state index in [1.54, 1.807) is 7.11 Å². The number of hydrogen-bond acceptors (Lipinski definition) is 3. The summed E-state index contributed by atoms with van der Waals surface area (Å²) in [4.78, 5) is 10.9. The van der Waals surface area contributed by atoms with Gasteiger partial charge in [-0.1, -0.05) is 19.8 Å². The second kappa shape index (κ2) is 8.53. The van der Waals surface area contributed by atoms with Crippen LogP contribution in [0.15, 0.2) is 0 Å². The summed E-state index contributed by atoms with van der Waals surface area (Å²) in [7, 11) is 1.57. The van der Waals surface area contributed by atoms with Crippen molar-refractivity contribution in [1.29, 1.82) is 0 Å². The zero-order valence-electron chi connectivity index (χ0n) is 7.97. The Morgan fingerprint density at radius 2 is 2.00 bits per heavy atom. The highest BCUT2D eigenvalue weighted by atomic mass is 16.5. The first-order valence-corrected chi connectivity index (χ1v) is 4.45. The Hall–Kier alpha value is -0.570. The monoisotopic (exact) mass is 174 g/mol. The van der Waals surface area contributed by atoms with Gasteiger partial charge in [0.25, 0.3) is 0 Å². The fourth-order valence-electron chi connectivity index (χ4n) is 0.796.